The van der Waals surface area contributed by atoms with Crippen LogP contribution in [0.4, 0.5) is 0 Å². The minimum atomic E-state index is -1.34. The van der Waals surface area contributed by atoms with E-state index in [0.29, 0.717) is 0 Å². The van der Waals surface area contributed by atoms with Crippen LogP contribution in [0.1, 0.15) is 13.3 Å². The molecule has 0 saturated carbocycles. The third-order valence-electron chi connectivity index (χ3n) is 2.09. The normalized spacial score (nSPS) is 16.2. The number of hydrogen-bond acceptors (Lipinski definition) is 0. The summed E-state index contributed by atoms with van der Waals surface area (Å²) in [5, 5.41) is 0. The van der Waals surface area contributed by atoms with E-state index in [9.17, 15) is 0 Å². The first-order chi connectivity index (χ1) is 5.98. The molecule has 0 aliphatic heterocycles. The van der Waals surface area contributed by atoms with E-state index in [-0.39, 0.29) is 4.84 Å². The van der Waals surface area contributed by atoms with E-state index in [4.69, 9.17) is 34.3 Å². The van der Waals surface area contributed by atoms with Gasteiger partial charge in [0.15, 0.2) is 7.38 Å². The summed E-state index contributed by atoms with van der Waals surface area (Å²) in [6, 6.07) is 4.58. The second-order valence-corrected chi connectivity index (χ2v) is 12.9. The summed E-state index contributed by atoms with van der Waals surface area (Å²) in [6.45, 7) is 4.43. The molecule has 0 fully saturated rings. The molecule has 2 radical (unpaired) electrons. The molecule has 5 heteroatoms. The van der Waals surface area contributed by atoms with E-state index < -0.39 is 7.38 Å². The van der Waals surface area contributed by atoms with Gasteiger partial charge in [0.1, 0.15) is 4.84 Å². The van der Waals surface area contributed by atoms with Gasteiger partial charge in [0.05, 0.1) is 0 Å². The van der Waals surface area contributed by atoms with E-state index >= 15 is 0 Å². The predicted octanol–water partition coefficient (Wildman–Crippen LogP) is 4.56. The van der Waals surface area contributed by atoms with Crippen molar-refractivity contribution in [2.45, 2.75) is 48.9 Å². The highest BCUT2D eigenvalue weighted by Crippen LogP contribution is 2.22. The topological polar surface area (TPSA) is 0 Å². The number of alkyl halides is 2. The number of rotatable bonds is 7. The number of hydrogen-bond donors (Lipinski definition) is 0. The molecule has 0 aliphatic rings. The molecule has 0 N–H and O–H groups in total. The maximum Gasteiger partial charge on any atom is 0.153 e. The standard InChI is InChI=1S/C8H17Cl3Si2/c1-3-13(2,11)6-4-5-12-7-8(9)10/h8H,3-7H2,1-2H3. The maximum atomic E-state index is 6.35. The summed E-state index contributed by atoms with van der Waals surface area (Å²) in [5.41, 5.74) is 0. The molecule has 0 heterocycles. The van der Waals surface area contributed by atoms with Crippen LogP contribution in [0, 0.1) is 0 Å². The van der Waals surface area contributed by atoms with Gasteiger partial charge in [0.25, 0.3) is 0 Å². The molecule has 13 heavy (non-hydrogen) atoms. The molecule has 0 aromatic rings. The Morgan fingerprint density at radius 1 is 1.38 bits per heavy atom. The quantitative estimate of drug-likeness (QED) is 0.277. The van der Waals surface area contributed by atoms with Crippen LogP contribution in [0.5, 0.6) is 0 Å². The first kappa shape index (κ1) is 14.3. The van der Waals surface area contributed by atoms with E-state index in [1.54, 1.807) is 0 Å². The van der Waals surface area contributed by atoms with Crippen molar-refractivity contribution in [3.05, 3.63) is 0 Å². The maximum absolute atomic E-state index is 6.35. The molecular weight excluding hydrogens is 259 g/mol. The van der Waals surface area contributed by atoms with Gasteiger partial charge in [0.2, 0.25) is 0 Å². The van der Waals surface area contributed by atoms with Crippen LogP contribution in [0.3, 0.4) is 0 Å². The highest BCUT2D eigenvalue weighted by atomic mass is 35.6. The molecular formula is C8H17Cl3Si2. The van der Waals surface area contributed by atoms with E-state index in [1.807, 2.05) is 0 Å². The van der Waals surface area contributed by atoms with Gasteiger partial charge in [0, 0.05) is 9.52 Å². The van der Waals surface area contributed by atoms with Gasteiger partial charge in [-0.1, -0.05) is 25.9 Å². The lowest BCUT2D eigenvalue weighted by atomic mass is 10.6. The molecule has 78 valence electrons. The van der Waals surface area contributed by atoms with Crippen LogP contribution in [-0.2, 0) is 0 Å². The van der Waals surface area contributed by atoms with Crippen LogP contribution in [0.2, 0.25) is 30.7 Å². The van der Waals surface area contributed by atoms with Crippen molar-refractivity contribution in [2.24, 2.45) is 0 Å². The molecule has 1 atom stereocenters. The summed E-state index contributed by atoms with van der Waals surface area (Å²) in [7, 11) is -0.444. The molecule has 0 saturated heterocycles. The molecule has 1 unspecified atom stereocenters. The summed E-state index contributed by atoms with van der Waals surface area (Å²) in [6.07, 6.45) is 1.25. The van der Waals surface area contributed by atoms with Crippen molar-refractivity contribution >= 4 is 51.2 Å². The zero-order valence-electron chi connectivity index (χ0n) is 8.25. The minimum absolute atomic E-state index is 0.177. The lowest BCUT2D eigenvalue weighted by Gasteiger charge is -2.16. The zero-order valence-corrected chi connectivity index (χ0v) is 12.5. The fourth-order valence-corrected chi connectivity index (χ4v) is 4.50. The molecule has 0 rings (SSSR count). The summed E-state index contributed by atoms with van der Waals surface area (Å²) in [5.74, 6) is 0. The van der Waals surface area contributed by atoms with Crippen molar-refractivity contribution in [1.29, 1.82) is 0 Å². The molecule has 0 aromatic carbocycles. The Morgan fingerprint density at radius 2 is 2.00 bits per heavy atom. The van der Waals surface area contributed by atoms with Crippen molar-refractivity contribution < 1.29 is 0 Å². The smallest absolute Gasteiger partial charge is 0.153 e. The first-order valence-corrected chi connectivity index (χ1v) is 10.9. The third kappa shape index (κ3) is 9.60. The van der Waals surface area contributed by atoms with Gasteiger partial charge in [-0.15, -0.1) is 23.2 Å². The molecule has 0 amide bonds. The highest BCUT2D eigenvalue weighted by Gasteiger charge is 2.20. The second kappa shape index (κ2) is 7.58. The van der Waals surface area contributed by atoms with Gasteiger partial charge in [-0.25, -0.2) is 0 Å². The van der Waals surface area contributed by atoms with Crippen LogP contribution in [-0.4, -0.2) is 21.7 Å². The van der Waals surface area contributed by atoms with Gasteiger partial charge in [-0.05, 0) is 18.1 Å². The van der Waals surface area contributed by atoms with Crippen LogP contribution >= 0.6 is 34.3 Å². The number of halogens is 3. The van der Waals surface area contributed by atoms with Gasteiger partial charge in [-0.2, -0.15) is 11.1 Å². The largest absolute Gasteiger partial charge is 0.167 e. The lowest BCUT2D eigenvalue weighted by molar-refractivity contribution is 1.03. The van der Waals surface area contributed by atoms with Crippen LogP contribution in [0.25, 0.3) is 0 Å². The molecule has 0 nitrogen and oxygen atoms in total. The second-order valence-electron chi connectivity index (χ2n) is 3.47. The van der Waals surface area contributed by atoms with E-state index in [0.717, 1.165) is 15.6 Å². The van der Waals surface area contributed by atoms with Gasteiger partial charge < -0.3 is 0 Å². The average molecular weight is 276 g/mol. The third-order valence-corrected chi connectivity index (χ3v) is 8.56. The molecule has 0 aromatic heterocycles. The van der Waals surface area contributed by atoms with Crippen LogP contribution < -0.4 is 0 Å². The fourth-order valence-electron chi connectivity index (χ4n) is 0.970. The molecule has 0 spiro atoms. The Balaban J connectivity index is 3.26. The summed E-state index contributed by atoms with van der Waals surface area (Å²) >= 11 is 17.6. The Bertz CT molecular complexity index is 129. The zero-order chi connectivity index (χ0) is 10.3. The van der Waals surface area contributed by atoms with E-state index in [2.05, 4.69) is 13.5 Å². The fraction of sp³-hybridized carbons (Fsp3) is 1.00. The van der Waals surface area contributed by atoms with Crippen molar-refractivity contribution in [2.75, 3.05) is 0 Å². The summed E-state index contributed by atoms with van der Waals surface area (Å²) < 4.78 is 0. The Morgan fingerprint density at radius 3 is 2.46 bits per heavy atom. The van der Waals surface area contributed by atoms with E-state index in [1.165, 1.54) is 24.6 Å². The van der Waals surface area contributed by atoms with Crippen molar-refractivity contribution in [1.82, 2.24) is 0 Å². The SMILES string of the molecule is CC[Si](C)(Cl)CCC[Si]CC(Cl)Cl. The van der Waals surface area contributed by atoms with Gasteiger partial charge >= 0.3 is 0 Å². The summed E-state index contributed by atoms with van der Waals surface area (Å²) in [4.78, 5) is -0.177. The Kier molecular flexibility index (Phi) is 8.34. The van der Waals surface area contributed by atoms with Crippen LogP contribution in [0.15, 0.2) is 0 Å². The van der Waals surface area contributed by atoms with Crippen molar-refractivity contribution in [3.63, 3.8) is 0 Å². The van der Waals surface area contributed by atoms with Gasteiger partial charge in [-0.3, -0.25) is 0 Å². The monoisotopic (exact) mass is 274 g/mol. The lowest BCUT2D eigenvalue weighted by Crippen LogP contribution is -2.19. The Labute approximate surface area is 99.9 Å². The first-order valence-electron chi connectivity index (χ1n) is 4.65. The average Bonchev–Trinajstić information content (AvgIpc) is 2.03. The highest BCUT2D eigenvalue weighted by molar-refractivity contribution is 7.19. The van der Waals surface area contributed by atoms with Crippen molar-refractivity contribution in [3.8, 4) is 0 Å². The predicted molar refractivity (Wildman–Crippen MR) is 68.2 cm³/mol. The minimum Gasteiger partial charge on any atom is -0.167 e. The molecule has 0 aliphatic carbocycles. The molecule has 0 bridgehead atoms. The Hall–Kier alpha value is 1.30.